The van der Waals surface area contributed by atoms with Gasteiger partial charge >= 0.3 is 0 Å². The highest BCUT2D eigenvalue weighted by Crippen LogP contribution is 2.35. The molecule has 3 aromatic rings. The molecular weight excluding hydrogens is 540 g/mol. The number of ether oxygens (including phenoxy) is 4. The van der Waals surface area contributed by atoms with Gasteiger partial charge < -0.3 is 24.3 Å². The van der Waals surface area contributed by atoms with E-state index in [1.54, 1.807) is 18.2 Å². The van der Waals surface area contributed by atoms with E-state index in [9.17, 15) is 13.2 Å². The number of para-hydroxylation sites is 1. The summed E-state index contributed by atoms with van der Waals surface area (Å²) in [5, 5.41) is 10.3. The highest BCUT2D eigenvalue weighted by atomic mass is 35.5. The van der Waals surface area contributed by atoms with Crippen molar-refractivity contribution in [1.82, 2.24) is 30.0 Å². The lowest BCUT2D eigenvalue weighted by molar-refractivity contribution is -0.141. The van der Waals surface area contributed by atoms with Gasteiger partial charge in [-0.2, -0.15) is 0 Å². The zero-order valence-corrected chi connectivity index (χ0v) is 22.7. The van der Waals surface area contributed by atoms with Gasteiger partial charge in [-0.1, -0.05) is 17.7 Å². The number of benzene rings is 1. The fraction of sp³-hybridized carbons (Fsp3) is 0.435. The molecule has 0 aliphatic carbocycles. The van der Waals surface area contributed by atoms with Crippen LogP contribution in [-0.2, 0) is 36.5 Å². The van der Waals surface area contributed by atoms with E-state index in [0.717, 1.165) is 0 Å². The number of aromatic nitrogens is 5. The van der Waals surface area contributed by atoms with Crippen LogP contribution >= 0.6 is 11.6 Å². The topological polar surface area (TPSA) is 157 Å². The minimum Gasteiger partial charge on any atom is -0.494 e. The Morgan fingerprint density at radius 3 is 2.26 bits per heavy atom. The van der Waals surface area contributed by atoms with Gasteiger partial charge in [-0.25, -0.2) is 18.4 Å². The maximum Gasteiger partial charge on any atom is 0.226 e. The summed E-state index contributed by atoms with van der Waals surface area (Å²) in [5.74, 6) is 0.741. The quantitative estimate of drug-likeness (QED) is 0.319. The van der Waals surface area contributed by atoms with Crippen molar-refractivity contribution in [2.75, 3.05) is 21.3 Å². The molecule has 1 N–H and O–H groups in total. The van der Waals surface area contributed by atoms with E-state index in [1.165, 1.54) is 45.2 Å². The number of sulfone groups is 1. The van der Waals surface area contributed by atoms with Gasteiger partial charge in [0.15, 0.2) is 27.3 Å². The standard InChI is InChI=1S/C23H27ClN6O7S/c1-13(22(36-4)23-25-9-14(24)10-26-23)38(32,33)12-18-29-28-17(11-37-20-8-19(31)27-20)30(18)21-15(34-2)6-5-7-16(21)35-3/h5-7,9-10,13,20,22H,8,11-12H2,1-4H3,(H,27,31)/t13-,20?,22-/m0/s1. The van der Waals surface area contributed by atoms with Gasteiger partial charge in [-0.15, -0.1) is 10.2 Å². The van der Waals surface area contributed by atoms with Crippen LogP contribution in [0.1, 0.15) is 36.9 Å². The summed E-state index contributed by atoms with van der Waals surface area (Å²) in [6.45, 7) is 1.45. The van der Waals surface area contributed by atoms with Gasteiger partial charge in [-0.3, -0.25) is 9.36 Å². The third-order valence-electron chi connectivity index (χ3n) is 6.00. The summed E-state index contributed by atoms with van der Waals surface area (Å²) in [6.07, 6.45) is 1.53. The maximum absolute atomic E-state index is 13.6. The van der Waals surface area contributed by atoms with Crippen molar-refractivity contribution in [2.45, 2.75) is 43.3 Å². The van der Waals surface area contributed by atoms with E-state index in [1.807, 2.05) is 0 Å². The largest absolute Gasteiger partial charge is 0.494 e. The molecule has 1 unspecified atom stereocenters. The van der Waals surface area contributed by atoms with Crippen LogP contribution in [0.5, 0.6) is 11.5 Å². The Morgan fingerprint density at radius 1 is 1.11 bits per heavy atom. The molecule has 0 bridgehead atoms. The Morgan fingerprint density at radius 2 is 1.71 bits per heavy atom. The van der Waals surface area contributed by atoms with Gasteiger partial charge in [0.05, 0.1) is 30.9 Å². The molecule has 0 spiro atoms. The third-order valence-corrected chi connectivity index (χ3v) is 8.24. The van der Waals surface area contributed by atoms with E-state index in [4.69, 9.17) is 30.5 Å². The van der Waals surface area contributed by atoms with E-state index in [-0.39, 0.29) is 36.4 Å². The van der Waals surface area contributed by atoms with Crippen LogP contribution in [0.25, 0.3) is 5.69 Å². The number of rotatable bonds is 12. The van der Waals surface area contributed by atoms with E-state index >= 15 is 0 Å². The number of hydrogen-bond acceptors (Lipinski definition) is 11. The van der Waals surface area contributed by atoms with Crippen molar-refractivity contribution in [3.8, 4) is 17.2 Å². The lowest BCUT2D eigenvalue weighted by atomic mass is 10.2. The Balaban J connectivity index is 1.71. The number of nitrogens with zero attached hydrogens (tertiary/aromatic N) is 5. The fourth-order valence-electron chi connectivity index (χ4n) is 3.93. The minimum absolute atomic E-state index is 0.0614. The van der Waals surface area contributed by atoms with Gasteiger partial charge in [0.2, 0.25) is 5.91 Å². The van der Waals surface area contributed by atoms with Gasteiger partial charge in [0.1, 0.15) is 41.9 Å². The summed E-state index contributed by atoms with van der Waals surface area (Å²) < 4.78 is 51.0. The number of nitrogens with one attached hydrogen (secondary N) is 1. The molecule has 4 rings (SSSR count). The van der Waals surface area contributed by atoms with Crippen molar-refractivity contribution < 1.29 is 32.2 Å². The SMILES string of the molecule is COc1cccc(OC)c1-n1c(COC2CC(=O)N2)nnc1CS(=O)(=O)[C@@H](C)[C@H](OC)c1ncc(Cl)cn1. The number of β-lactam (4-membered cyclic amide) rings is 1. The molecule has 3 atom stereocenters. The fourth-order valence-corrected chi connectivity index (χ4v) is 5.45. The average Bonchev–Trinajstić information content (AvgIpc) is 3.27. The Hall–Kier alpha value is -3.33. The molecule has 38 heavy (non-hydrogen) atoms. The zero-order valence-electron chi connectivity index (χ0n) is 21.1. The van der Waals surface area contributed by atoms with Crippen LogP contribution < -0.4 is 14.8 Å². The lowest BCUT2D eigenvalue weighted by Crippen LogP contribution is -2.49. The molecule has 1 amide bonds. The van der Waals surface area contributed by atoms with Crippen LogP contribution in [0.2, 0.25) is 5.02 Å². The monoisotopic (exact) mass is 566 g/mol. The third kappa shape index (κ3) is 5.72. The predicted molar refractivity (Wildman–Crippen MR) is 135 cm³/mol. The average molecular weight is 567 g/mol. The van der Waals surface area contributed by atoms with Crippen molar-refractivity contribution in [1.29, 1.82) is 0 Å². The molecule has 1 aliphatic rings. The Bertz CT molecular complexity index is 1370. The molecule has 1 fully saturated rings. The number of carbonyl (C=O) groups is 1. The van der Waals surface area contributed by atoms with Crippen LogP contribution in [0.3, 0.4) is 0 Å². The van der Waals surface area contributed by atoms with Crippen LogP contribution in [0.4, 0.5) is 0 Å². The van der Waals surface area contributed by atoms with Crippen LogP contribution in [0, 0.1) is 0 Å². The maximum atomic E-state index is 13.6. The molecule has 3 heterocycles. The highest BCUT2D eigenvalue weighted by molar-refractivity contribution is 7.91. The second-order valence-corrected chi connectivity index (χ2v) is 11.2. The first kappa shape index (κ1) is 27.7. The predicted octanol–water partition coefficient (Wildman–Crippen LogP) is 1.78. The Kier molecular flexibility index (Phi) is 8.45. The van der Waals surface area contributed by atoms with Crippen molar-refractivity contribution in [3.63, 3.8) is 0 Å². The van der Waals surface area contributed by atoms with Gasteiger partial charge in [0.25, 0.3) is 0 Å². The summed E-state index contributed by atoms with van der Waals surface area (Å²) in [6, 6.07) is 5.14. The normalized spacial score (nSPS) is 16.9. The van der Waals surface area contributed by atoms with E-state index < -0.39 is 33.2 Å². The van der Waals surface area contributed by atoms with E-state index in [2.05, 4.69) is 25.5 Å². The van der Waals surface area contributed by atoms with Crippen molar-refractivity contribution in [2.24, 2.45) is 0 Å². The molecule has 1 saturated heterocycles. The summed E-state index contributed by atoms with van der Waals surface area (Å²) in [4.78, 5) is 19.5. The van der Waals surface area contributed by atoms with Crippen LogP contribution in [0.15, 0.2) is 30.6 Å². The second-order valence-electron chi connectivity index (χ2n) is 8.38. The summed E-state index contributed by atoms with van der Waals surface area (Å²) in [5.41, 5.74) is 0.404. The molecular formula is C23H27ClN6O7S. The molecule has 0 radical (unpaired) electrons. The van der Waals surface area contributed by atoms with Gasteiger partial charge in [0, 0.05) is 19.5 Å². The molecule has 1 aromatic carbocycles. The second kappa shape index (κ2) is 11.6. The number of methoxy groups -OCH3 is 3. The Labute approximate surface area is 224 Å². The van der Waals surface area contributed by atoms with Gasteiger partial charge in [-0.05, 0) is 19.1 Å². The first-order valence-corrected chi connectivity index (χ1v) is 13.5. The first-order valence-electron chi connectivity index (χ1n) is 11.5. The number of hydrogen-bond donors (Lipinski definition) is 1. The minimum atomic E-state index is -3.91. The van der Waals surface area contributed by atoms with Crippen molar-refractivity contribution >= 4 is 27.3 Å². The van der Waals surface area contributed by atoms with Crippen molar-refractivity contribution in [3.05, 3.63) is 53.1 Å². The highest BCUT2D eigenvalue weighted by Gasteiger charge is 2.35. The molecule has 2 aromatic heterocycles. The molecule has 15 heteroatoms. The smallest absolute Gasteiger partial charge is 0.226 e. The lowest BCUT2D eigenvalue weighted by Gasteiger charge is -2.26. The number of halogens is 1. The summed E-state index contributed by atoms with van der Waals surface area (Å²) in [7, 11) is 0.434. The zero-order chi connectivity index (χ0) is 27.4. The van der Waals surface area contributed by atoms with E-state index in [0.29, 0.717) is 22.2 Å². The first-order chi connectivity index (χ1) is 18.2. The molecule has 204 valence electrons. The van der Waals surface area contributed by atoms with Crippen LogP contribution in [-0.4, -0.2) is 71.9 Å². The summed E-state index contributed by atoms with van der Waals surface area (Å²) >= 11 is 5.88. The molecule has 0 saturated carbocycles. The molecule has 1 aliphatic heterocycles. The number of carbonyl (C=O) groups excluding carboxylic acids is 1. The number of amides is 1. The molecule has 13 nitrogen and oxygen atoms in total.